The number of fused-ring (bicyclic) bond motifs is 1. The van der Waals surface area contributed by atoms with Gasteiger partial charge in [0, 0.05) is 0 Å². The number of hydrogen-bond donors (Lipinski definition) is 1. The molecule has 0 aliphatic carbocycles. The molecule has 3 heterocycles. The zero-order valence-corrected chi connectivity index (χ0v) is 14.4. The number of para-hydroxylation sites is 1. The Morgan fingerprint density at radius 2 is 2.20 bits per heavy atom. The molecule has 1 atom stereocenters. The van der Waals surface area contributed by atoms with Crippen LogP contribution in [0.1, 0.15) is 16.9 Å². The van der Waals surface area contributed by atoms with Crippen LogP contribution in [-0.2, 0) is 13.0 Å². The Morgan fingerprint density at radius 3 is 3.12 bits per heavy atom. The van der Waals surface area contributed by atoms with Gasteiger partial charge in [-0.05, 0) is 36.6 Å². The monoisotopic (exact) mass is 351 g/mol. The van der Waals surface area contributed by atoms with Gasteiger partial charge in [0.15, 0.2) is 0 Å². The zero-order valence-electron chi connectivity index (χ0n) is 13.6. The van der Waals surface area contributed by atoms with Crippen molar-refractivity contribution in [3.63, 3.8) is 0 Å². The van der Waals surface area contributed by atoms with E-state index in [0.29, 0.717) is 6.54 Å². The molecule has 0 radical (unpaired) electrons. The highest BCUT2D eigenvalue weighted by Gasteiger charge is 2.20. The summed E-state index contributed by atoms with van der Waals surface area (Å²) in [4.78, 5) is 1.93. The van der Waals surface area contributed by atoms with E-state index in [2.05, 4.69) is 28.2 Å². The lowest BCUT2D eigenvalue weighted by Crippen LogP contribution is -2.27. The van der Waals surface area contributed by atoms with Gasteiger partial charge >= 0.3 is 0 Å². The van der Waals surface area contributed by atoms with Gasteiger partial charge in [0.05, 0.1) is 22.5 Å². The summed E-state index contributed by atoms with van der Waals surface area (Å²) in [7, 11) is 0. The van der Waals surface area contributed by atoms with Crippen LogP contribution in [0.2, 0.25) is 0 Å². The standard InChI is InChI=1S/C19H17N3O2S/c23-11-3-5-16-9-10-19(25-16)17-13-22(21-20-17)12-15-8-7-14-4-1-2-6-18(14)24-15/h1-2,4,6,9-10,13,15,23H,7-8,11-12H2/t15-/m1/s1. The second-order valence-corrected chi connectivity index (χ2v) is 6.92. The lowest BCUT2D eigenvalue weighted by atomic mass is 10.0. The molecule has 0 amide bonds. The molecule has 6 heteroatoms. The van der Waals surface area contributed by atoms with E-state index in [-0.39, 0.29) is 12.7 Å². The minimum absolute atomic E-state index is 0.110. The first kappa shape index (κ1) is 15.9. The van der Waals surface area contributed by atoms with Gasteiger partial charge in [0.25, 0.3) is 0 Å². The third kappa shape index (κ3) is 3.58. The molecule has 1 aliphatic heterocycles. The number of rotatable bonds is 3. The van der Waals surface area contributed by atoms with Crippen molar-refractivity contribution in [2.75, 3.05) is 6.61 Å². The number of aliphatic hydroxyl groups excluding tert-OH is 1. The Kier molecular flexibility index (Phi) is 4.51. The minimum Gasteiger partial charge on any atom is -0.488 e. The molecule has 5 nitrogen and oxygen atoms in total. The van der Waals surface area contributed by atoms with Crippen molar-refractivity contribution < 1.29 is 9.84 Å². The van der Waals surface area contributed by atoms with E-state index in [9.17, 15) is 0 Å². The summed E-state index contributed by atoms with van der Waals surface area (Å²) in [5, 5.41) is 17.3. The van der Waals surface area contributed by atoms with E-state index >= 15 is 0 Å². The fourth-order valence-corrected chi connectivity index (χ4v) is 3.72. The first-order valence-corrected chi connectivity index (χ1v) is 8.98. The molecule has 4 rings (SSSR count). The summed E-state index contributed by atoms with van der Waals surface area (Å²) >= 11 is 1.54. The van der Waals surface area contributed by atoms with E-state index in [1.807, 2.05) is 41.2 Å². The molecule has 0 saturated heterocycles. The van der Waals surface area contributed by atoms with Crippen molar-refractivity contribution in [2.24, 2.45) is 0 Å². The third-order valence-electron chi connectivity index (χ3n) is 4.08. The lowest BCUT2D eigenvalue weighted by Gasteiger charge is -2.25. The maximum atomic E-state index is 8.77. The summed E-state index contributed by atoms with van der Waals surface area (Å²) in [5.74, 6) is 6.54. The Bertz CT molecular complexity index is 935. The smallest absolute Gasteiger partial charge is 0.123 e. The van der Waals surface area contributed by atoms with Crippen LogP contribution in [-0.4, -0.2) is 32.8 Å². The van der Waals surface area contributed by atoms with Gasteiger partial charge in [0.1, 0.15) is 24.2 Å². The number of hydrogen-bond acceptors (Lipinski definition) is 5. The summed E-state index contributed by atoms with van der Waals surface area (Å²) in [6.45, 7) is 0.553. The third-order valence-corrected chi connectivity index (χ3v) is 5.10. The van der Waals surface area contributed by atoms with Crippen LogP contribution >= 0.6 is 11.3 Å². The van der Waals surface area contributed by atoms with Gasteiger partial charge in [0.2, 0.25) is 0 Å². The SMILES string of the molecule is OCC#Cc1ccc(-c2cn(C[C@H]3CCc4ccccc4O3)nn2)s1. The minimum atomic E-state index is -0.131. The molecule has 0 saturated carbocycles. The van der Waals surface area contributed by atoms with Gasteiger partial charge in [-0.25, -0.2) is 4.68 Å². The Morgan fingerprint density at radius 1 is 1.28 bits per heavy atom. The lowest BCUT2D eigenvalue weighted by molar-refractivity contribution is 0.149. The zero-order chi connectivity index (χ0) is 17.1. The van der Waals surface area contributed by atoms with E-state index in [4.69, 9.17) is 9.84 Å². The van der Waals surface area contributed by atoms with Gasteiger partial charge in [-0.1, -0.05) is 35.3 Å². The number of aliphatic hydroxyl groups is 1. The molecule has 1 aromatic carbocycles. The number of aryl methyl sites for hydroxylation is 1. The summed E-state index contributed by atoms with van der Waals surface area (Å²) in [5.41, 5.74) is 2.10. The van der Waals surface area contributed by atoms with Crippen LogP contribution in [0.4, 0.5) is 0 Å². The summed E-state index contributed by atoms with van der Waals surface area (Å²) < 4.78 is 7.91. The first-order valence-electron chi connectivity index (χ1n) is 8.16. The number of thiophene rings is 1. The van der Waals surface area contributed by atoms with Gasteiger partial charge in [-0.2, -0.15) is 0 Å². The highest BCUT2D eigenvalue weighted by Crippen LogP contribution is 2.28. The highest BCUT2D eigenvalue weighted by atomic mass is 32.1. The number of benzene rings is 1. The number of nitrogens with zero attached hydrogens (tertiary/aromatic N) is 3. The Labute approximate surface area is 149 Å². The fourth-order valence-electron chi connectivity index (χ4n) is 2.89. The maximum absolute atomic E-state index is 8.77. The van der Waals surface area contributed by atoms with Crippen molar-refractivity contribution in [2.45, 2.75) is 25.5 Å². The van der Waals surface area contributed by atoms with Crippen molar-refractivity contribution in [3.8, 4) is 28.2 Å². The Hall–Kier alpha value is -2.62. The van der Waals surface area contributed by atoms with Crippen LogP contribution in [0.25, 0.3) is 10.6 Å². The molecular formula is C19H17N3O2S. The second-order valence-electron chi connectivity index (χ2n) is 5.84. The van der Waals surface area contributed by atoms with Crippen molar-refractivity contribution in [1.82, 2.24) is 15.0 Å². The molecule has 2 aromatic heterocycles. The highest BCUT2D eigenvalue weighted by molar-refractivity contribution is 7.16. The molecular weight excluding hydrogens is 334 g/mol. The van der Waals surface area contributed by atoms with Crippen molar-refractivity contribution >= 4 is 11.3 Å². The van der Waals surface area contributed by atoms with Gasteiger partial charge < -0.3 is 9.84 Å². The molecule has 0 fully saturated rings. The second kappa shape index (κ2) is 7.09. The van der Waals surface area contributed by atoms with Gasteiger partial charge in [-0.15, -0.1) is 16.4 Å². The average Bonchev–Trinajstić information content (AvgIpc) is 3.29. The molecule has 0 unspecified atom stereocenters. The van der Waals surface area contributed by atoms with Crippen LogP contribution in [0.15, 0.2) is 42.6 Å². The molecule has 1 N–H and O–H groups in total. The van der Waals surface area contributed by atoms with Crippen molar-refractivity contribution in [1.29, 1.82) is 0 Å². The fraction of sp³-hybridized carbons (Fsp3) is 0.263. The number of ether oxygens (including phenoxy) is 1. The average molecular weight is 351 g/mol. The van der Waals surface area contributed by atoms with Gasteiger partial charge in [-0.3, -0.25) is 0 Å². The first-order chi connectivity index (χ1) is 12.3. The molecule has 0 bridgehead atoms. The Balaban J connectivity index is 1.44. The molecule has 25 heavy (non-hydrogen) atoms. The quantitative estimate of drug-likeness (QED) is 0.737. The maximum Gasteiger partial charge on any atom is 0.123 e. The summed E-state index contributed by atoms with van der Waals surface area (Å²) in [6, 6.07) is 12.1. The predicted molar refractivity (Wildman–Crippen MR) is 96.5 cm³/mol. The summed E-state index contributed by atoms with van der Waals surface area (Å²) in [6.07, 6.45) is 4.06. The molecule has 126 valence electrons. The normalized spacial score (nSPS) is 15.8. The van der Waals surface area contributed by atoms with Crippen LogP contribution in [0, 0.1) is 11.8 Å². The topological polar surface area (TPSA) is 60.2 Å². The molecule has 1 aliphatic rings. The predicted octanol–water partition coefficient (Wildman–Crippen LogP) is 2.74. The molecule has 3 aromatic rings. The largest absolute Gasteiger partial charge is 0.488 e. The van der Waals surface area contributed by atoms with Crippen LogP contribution < -0.4 is 4.74 Å². The van der Waals surface area contributed by atoms with E-state index in [0.717, 1.165) is 34.0 Å². The van der Waals surface area contributed by atoms with Crippen LogP contribution in [0.5, 0.6) is 5.75 Å². The van der Waals surface area contributed by atoms with E-state index in [1.165, 1.54) is 5.56 Å². The molecule has 0 spiro atoms. The number of aromatic nitrogens is 3. The van der Waals surface area contributed by atoms with Crippen LogP contribution in [0.3, 0.4) is 0 Å². The van der Waals surface area contributed by atoms with E-state index < -0.39 is 0 Å². The van der Waals surface area contributed by atoms with E-state index in [1.54, 1.807) is 11.3 Å². The van der Waals surface area contributed by atoms with Crippen molar-refractivity contribution in [3.05, 3.63) is 53.0 Å².